The van der Waals surface area contributed by atoms with E-state index in [1.165, 1.54) is 140 Å². The Balaban J connectivity index is 2.13. The number of hydrogen-bond donors (Lipinski definition) is 0. The van der Waals surface area contributed by atoms with E-state index in [1.807, 2.05) is 6.07 Å². The van der Waals surface area contributed by atoms with Crippen molar-refractivity contribution >= 4 is 7.92 Å². The maximum Gasteiger partial charge on any atom is 0.416 e. The van der Waals surface area contributed by atoms with Crippen molar-refractivity contribution in [1.29, 1.82) is 0 Å². The average Bonchev–Trinajstić information content (AvgIpc) is 2.86. The van der Waals surface area contributed by atoms with Gasteiger partial charge in [-0.3, -0.25) is 0 Å². The lowest BCUT2D eigenvalue weighted by atomic mass is 10.0. The molecule has 4 heteroatoms. The summed E-state index contributed by atoms with van der Waals surface area (Å²) >= 11 is 0. The van der Waals surface area contributed by atoms with E-state index >= 15 is 0 Å². The fourth-order valence-corrected chi connectivity index (χ4v) is 7.70. The smallest absolute Gasteiger partial charge is 0.166 e. The third-order valence-electron chi connectivity index (χ3n) is 7.35. The zero-order valence-corrected chi connectivity index (χ0v) is 24.5. The molecule has 0 aliphatic carbocycles. The van der Waals surface area contributed by atoms with E-state index in [0.29, 0.717) is 0 Å². The van der Waals surface area contributed by atoms with Crippen LogP contribution in [-0.4, -0.2) is 18.5 Å². The zero-order valence-electron chi connectivity index (χ0n) is 23.7. The molecule has 210 valence electrons. The van der Waals surface area contributed by atoms with Gasteiger partial charge in [0, 0.05) is 0 Å². The lowest BCUT2D eigenvalue weighted by molar-refractivity contribution is -0.137. The maximum absolute atomic E-state index is 12.8. The molecule has 0 aliphatic rings. The third kappa shape index (κ3) is 18.6. The molecule has 0 spiro atoms. The number of benzene rings is 1. The summed E-state index contributed by atoms with van der Waals surface area (Å²) in [5.74, 6) is 0. The van der Waals surface area contributed by atoms with Gasteiger partial charge in [0.2, 0.25) is 0 Å². The Morgan fingerprint density at radius 3 is 1.42 bits per heavy atom. The lowest BCUT2D eigenvalue weighted by Gasteiger charge is -2.18. The minimum atomic E-state index is -4.24. The van der Waals surface area contributed by atoms with E-state index in [1.54, 1.807) is 0 Å². The van der Waals surface area contributed by atoms with Crippen molar-refractivity contribution in [3.63, 3.8) is 0 Å². The van der Waals surface area contributed by atoms with Gasteiger partial charge in [-0.25, -0.2) is 0 Å². The summed E-state index contributed by atoms with van der Waals surface area (Å²) in [6.07, 6.45) is 26.7. The zero-order chi connectivity index (χ0) is 26.3. The Kier molecular flexibility index (Phi) is 20.8. The molecular weight excluding hydrogens is 472 g/mol. The summed E-state index contributed by atoms with van der Waals surface area (Å²) in [5.41, 5.74) is 0.293. The normalized spacial score (nSPS) is 12.1. The number of unbranched alkanes of at least 4 members (excludes halogenated alkanes) is 16. The molecule has 0 nitrogen and oxygen atoms in total. The predicted octanol–water partition coefficient (Wildman–Crippen LogP) is 12.2. The lowest BCUT2D eigenvalue weighted by Crippen LogP contribution is -2.05. The van der Waals surface area contributed by atoms with Gasteiger partial charge in [0.1, 0.15) is 0 Å². The van der Waals surface area contributed by atoms with Crippen molar-refractivity contribution in [3.8, 4) is 0 Å². The number of halogens is 3. The van der Waals surface area contributed by atoms with Gasteiger partial charge in [-0.15, -0.1) is 7.92 Å². The van der Waals surface area contributed by atoms with Gasteiger partial charge in [-0.05, 0) is 62.2 Å². The summed E-state index contributed by atoms with van der Waals surface area (Å²) in [7, 11) is 0.243. The Bertz CT molecular complexity index is 598. The highest BCUT2D eigenvalue weighted by atomic mass is 31.1. The van der Waals surface area contributed by atoms with Crippen LogP contribution >= 0.6 is 7.92 Å². The quantitative estimate of drug-likeness (QED) is 0.0924. The van der Waals surface area contributed by atoms with Crippen molar-refractivity contribution in [2.75, 3.05) is 18.5 Å². The minimum absolute atomic E-state index is 0.243. The second-order valence-electron chi connectivity index (χ2n) is 10.8. The molecule has 0 fully saturated rings. The largest absolute Gasteiger partial charge is 0.416 e. The average molecular weight is 529 g/mol. The van der Waals surface area contributed by atoms with Gasteiger partial charge in [0.25, 0.3) is 0 Å². The molecule has 0 aromatic heterocycles. The van der Waals surface area contributed by atoms with Crippen LogP contribution in [0.3, 0.4) is 0 Å². The first-order valence-corrected chi connectivity index (χ1v) is 17.3. The topological polar surface area (TPSA) is 0 Å². The molecule has 0 bridgehead atoms. The van der Waals surface area contributed by atoms with E-state index in [9.17, 15) is 13.2 Å². The van der Waals surface area contributed by atoms with Crippen molar-refractivity contribution < 1.29 is 13.2 Å². The second-order valence-corrected chi connectivity index (χ2v) is 13.5. The van der Waals surface area contributed by atoms with Crippen LogP contribution in [0.4, 0.5) is 13.2 Å². The second kappa shape index (κ2) is 22.4. The molecule has 36 heavy (non-hydrogen) atoms. The Labute approximate surface area is 223 Å². The fourth-order valence-electron chi connectivity index (χ4n) is 5.02. The first kappa shape index (κ1) is 33.5. The highest BCUT2D eigenvalue weighted by molar-refractivity contribution is 7.57. The number of aryl methyl sites for hydroxylation is 1. The molecule has 0 unspecified atom stereocenters. The fraction of sp³-hybridized carbons (Fsp3) is 0.812. The molecule has 0 saturated carbocycles. The molecule has 0 radical (unpaired) electrons. The first-order valence-electron chi connectivity index (χ1n) is 15.4. The van der Waals surface area contributed by atoms with Crippen molar-refractivity contribution in [3.05, 3.63) is 35.4 Å². The highest BCUT2D eigenvalue weighted by Gasteiger charge is 2.30. The molecule has 0 heterocycles. The summed E-state index contributed by atoms with van der Waals surface area (Å²) in [4.78, 5) is 0. The van der Waals surface area contributed by atoms with Crippen LogP contribution < -0.4 is 0 Å². The van der Waals surface area contributed by atoms with E-state index in [0.717, 1.165) is 30.9 Å². The number of rotatable bonds is 24. The van der Waals surface area contributed by atoms with Gasteiger partial charge in [-0.1, -0.05) is 128 Å². The van der Waals surface area contributed by atoms with Gasteiger partial charge in [0.05, 0.1) is 5.56 Å². The van der Waals surface area contributed by atoms with Crippen LogP contribution in [0.5, 0.6) is 0 Å². The van der Waals surface area contributed by atoms with Gasteiger partial charge in [-0.2, -0.15) is 13.2 Å². The summed E-state index contributed by atoms with van der Waals surface area (Å²) in [5, 5.41) is 0. The van der Waals surface area contributed by atoms with E-state index in [-0.39, 0.29) is 7.92 Å². The molecule has 0 N–H and O–H groups in total. The molecule has 1 rings (SSSR count). The Morgan fingerprint density at radius 1 is 0.556 bits per heavy atom. The molecule has 0 amide bonds. The van der Waals surface area contributed by atoms with Crippen molar-refractivity contribution in [2.45, 2.75) is 148 Å². The Morgan fingerprint density at radius 2 is 0.972 bits per heavy atom. The molecule has 1 aromatic carbocycles. The number of hydrogen-bond acceptors (Lipinski definition) is 0. The van der Waals surface area contributed by atoms with Crippen LogP contribution in [0.25, 0.3) is 0 Å². The summed E-state index contributed by atoms with van der Waals surface area (Å²) in [6.45, 7) is 4.58. The Hall–Kier alpha value is -0.560. The van der Waals surface area contributed by atoms with Crippen LogP contribution in [0.2, 0.25) is 0 Å². The highest BCUT2D eigenvalue weighted by Crippen LogP contribution is 2.39. The molecule has 0 saturated heterocycles. The number of alkyl halides is 3. The van der Waals surface area contributed by atoms with Crippen molar-refractivity contribution in [2.24, 2.45) is 0 Å². The summed E-state index contributed by atoms with van der Waals surface area (Å²) in [6, 6.07) is 5.83. The molecular formula is C32H56F3P. The van der Waals surface area contributed by atoms with Crippen LogP contribution in [0.15, 0.2) is 24.3 Å². The minimum Gasteiger partial charge on any atom is -0.166 e. The van der Waals surface area contributed by atoms with Crippen molar-refractivity contribution in [1.82, 2.24) is 0 Å². The van der Waals surface area contributed by atoms with Gasteiger partial charge >= 0.3 is 6.18 Å². The summed E-state index contributed by atoms with van der Waals surface area (Å²) < 4.78 is 38.5. The van der Waals surface area contributed by atoms with Crippen LogP contribution in [0.1, 0.15) is 147 Å². The van der Waals surface area contributed by atoms with E-state index in [2.05, 4.69) is 13.8 Å². The van der Waals surface area contributed by atoms with Gasteiger partial charge in [0.15, 0.2) is 0 Å². The standard InChI is InChI=1S/C32H56F3P/c1-3-5-7-9-15-19-26-36(27-20-16-10-8-6-4-2)28-21-17-13-11-12-14-18-23-30-24-22-25-31(29-30)32(33,34)35/h22,24-25,29H,3-21,23,26-28H2,1-2H3. The van der Waals surface area contributed by atoms with Crippen LogP contribution in [0, 0.1) is 0 Å². The van der Waals surface area contributed by atoms with E-state index < -0.39 is 11.7 Å². The third-order valence-corrected chi connectivity index (χ3v) is 10.2. The first-order chi connectivity index (χ1) is 17.5. The SMILES string of the molecule is CCCCCCCCP(CCCCCCCC)CCCCCCCCCc1cccc(C(F)(F)F)c1. The predicted molar refractivity (Wildman–Crippen MR) is 156 cm³/mol. The monoisotopic (exact) mass is 528 g/mol. The molecule has 1 aromatic rings. The molecule has 0 aliphatic heterocycles. The van der Waals surface area contributed by atoms with Gasteiger partial charge < -0.3 is 0 Å². The van der Waals surface area contributed by atoms with E-state index in [4.69, 9.17) is 0 Å². The molecule has 0 atom stereocenters. The van der Waals surface area contributed by atoms with Crippen LogP contribution in [-0.2, 0) is 12.6 Å². The maximum atomic E-state index is 12.8.